The monoisotopic (exact) mass is 421 g/mol. The molecule has 0 radical (unpaired) electrons. The normalized spacial score (nSPS) is 24.0. The summed E-state index contributed by atoms with van der Waals surface area (Å²) in [7, 11) is 0. The predicted octanol–water partition coefficient (Wildman–Crippen LogP) is 2.90. The molecule has 7 heteroatoms. The van der Waals surface area contributed by atoms with E-state index in [1.54, 1.807) is 23.1 Å². The second kappa shape index (κ2) is 7.70. The summed E-state index contributed by atoms with van der Waals surface area (Å²) in [6.07, 6.45) is 4.28. The lowest BCUT2D eigenvalue weighted by molar-refractivity contribution is -0.690. The first kappa shape index (κ1) is 19.0. The summed E-state index contributed by atoms with van der Waals surface area (Å²) >= 11 is 6.06. The van der Waals surface area contributed by atoms with Crippen LogP contribution in [0.1, 0.15) is 41.1 Å². The van der Waals surface area contributed by atoms with E-state index in [1.165, 1.54) is 11.9 Å². The van der Waals surface area contributed by atoms with E-state index >= 15 is 0 Å². The Bertz CT molecular complexity index is 1110. The van der Waals surface area contributed by atoms with Crippen LogP contribution in [0.3, 0.4) is 0 Å². The van der Waals surface area contributed by atoms with E-state index in [0.717, 1.165) is 24.1 Å². The highest BCUT2D eigenvalue weighted by atomic mass is 35.5. The second-order valence-corrected chi connectivity index (χ2v) is 8.29. The van der Waals surface area contributed by atoms with Crippen molar-refractivity contribution < 1.29 is 15.2 Å². The van der Waals surface area contributed by atoms with E-state index in [0.29, 0.717) is 10.6 Å². The summed E-state index contributed by atoms with van der Waals surface area (Å²) in [4.78, 5) is 17.4. The van der Waals surface area contributed by atoms with Gasteiger partial charge in [-0.15, -0.1) is 0 Å². The fourth-order valence-electron chi connectivity index (χ4n) is 4.80. The molecule has 1 aromatic heterocycles. The molecule has 0 bridgehead atoms. The number of carbonyl (C=O) groups excluding carboxylic acids is 1. The van der Waals surface area contributed by atoms with E-state index in [2.05, 4.69) is 27.5 Å². The Morgan fingerprint density at radius 1 is 1.13 bits per heavy atom. The van der Waals surface area contributed by atoms with Crippen LogP contribution in [0.2, 0.25) is 5.02 Å². The van der Waals surface area contributed by atoms with Gasteiger partial charge in [0.1, 0.15) is 30.5 Å². The van der Waals surface area contributed by atoms with Gasteiger partial charge in [0.2, 0.25) is 0 Å². The van der Waals surface area contributed by atoms with Crippen molar-refractivity contribution in [3.63, 3.8) is 0 Å². The van der Waals surface area contributed by atoms with Crippen LogP contribution in [0.5, 0.6) is 0 Å². The molecular formula is C23H22ClN4O2+. The number of hydrogen-bond acceptors (Lipinski definition) is 4. The highest BCUT2D eigenvalue weighted by Gasteiger charge is 2.44. The van der Waals surface area contributed by atoms with Gasteiger partial charge in [0.05, 0.1) is 12.1 Å². The SMILES string of the molecule is O=C1C[C@H](c2ccc(Cl)cc2)[C@H](n2cncn2)C(O)=C1[C@H]1[NH2+]CCc2ccccc21. The van der Waals surface area contributed by atoms with Crippen molar-refractivity contribution in [2.45, 2.75) is 30.8 Å². The molecule has 3 aromatic rings. The number of nitrogens with zero attached hydrogens (tertiary/aromatic N) is 3. The van der Waals surface area contributed by atoms with Gasteiger partial charge < -0.3 is 10.4 Å². The zero-order chi connectivity index (χ0) is 20.7. The van der Waals surface area contributed by atoms with E-state index < -0.39 is 6.04 Å². The number of rotatable bonds is 3. The molecule has 152 valence electrons. The van der Waals surface area contributed by atoms with Gasteiger partial charge in [0.15, 0.2) is 5.78 Å². The van der Waals surface area contributed by atoms with Gasteiger partial charge in [-0.1, -0.05) is 48.0 Å². The van der Waals surface area contributed by atoms with Crippen molar-refractivity contribution in [2.24, 2.45) is 0 Å². The van der Waals surface area contributed by atoms with Crippen LogP contribution in [0, 0.1) is 0 Å². The number of quaternary nitrogens is 1. The number of Topliss-reactive ketones (excluding diaryl/α,β-unsaturated/α-hetero) is 1. The number of hydrogen-bond donors (Lipinski definition) is 2. The largest absolute Gasteiger partial charge is 0.509 e. The van der Waals surface area contributed by atoms with Crippen molar-refractivity contribution in [3.8, 4) is 0 Å². The zero-order valence-corrected chi connectivity index (χ0v) is 17.0. The third kappa shape index (κ3) is 3.22. The molecule has 2 aliphatic rings. The fourth-order valence-corrected chi connectivity index (χ4v) is 4.92. The molecule has 2 heterocycles. The number of allylic oxidation sites excluding steroid dienone is 1. The van der Waals surface area contributed by atoms with Crippen LogP contribution < -0.4 is 5.32 Å². The molecular weight excluding hydrogens is 400 g/mol. The molecule has 0 unspecified atom stereocenters. The summed E-state index contributed by atoms with van der Waals surface area (Å²) in [5, 5.41) is 18.5. The van der Waals surface area contributed by atoms with Crippen molar-refractivity contribution >= 4 is 17.4 Å². The van der Waals surface area contributed by atoms with Gasteiger partial charge >= 0.3 is 0 Å². The molecule has 0 saturated heterocycles. The molecule has 0 saturated carbocycles. The van der Waals surface area contributed by atoms with Crippen LogP contribution >= 0.6 is 11.6 Å². The Hall–Kier alpha value is -2.96. The third-order valence-electron chi connectivity index (χ3n) is 6.18. The Balaban J connectivity index is 1.64. The number of aliphatic hydroxyl groups is 1. The summed E-state index contributed by atoms with van der Waals surface area (Å²) in [5.74, 6) is -0.199. The number of fused-ring (bicyclic) bond motifs is 1. The predicted molar refractivity (Wildman–Crippen MR) is 112 cm³/mol. The van der Waals surface area contributed by atoms with E-state index in [4.69, 9.17) is 11.6 Å². The minimum atomic E-state index is -0.496. The molecule has 0 spiro atoms. The quantitative estimate of drug-likeness (QED) is 0.681. The van der Waals surface area contributed by atoms with Gasteiger partial charge in [-0.3, -0.25) is 4.79 Å². The van der Waals surface area contributed by atoms with Crippen molar-refractivity contribution in [1.29, 1.82) is 0 Å². The Labute approximate surface area is 179 Å². The minimum absolute atomic E-state index is 0.0261. The molecule has 3 N–H and O–H groups in total. The van der Waals surface area contributed by atoms with Gasteiger partial charge in [-0.05, 0) is 23.3 Å². The average Bonchev–Trinajstić information content (AvgIpc) is 3.28. The fraction of sp³-hybridized carbons (Fsp3) is 0.261. The lowest BCUT2D eigenvalue weighted by Gasteiger charge is -2.35. The van der Waals surface area contributed by atoms with Crippen molar-refractivity contribution in [3.05, 3.63) is 94.2 Å². The Morgan fingerprint density at radius 3 is 2.70 bits per heavy atom. The number of ketones is 1. The maximum absolute atomic E-state index is 13.4. The number of aromatic nitrogens is 3. The molecule has 0 fully saturated rings. The van der Waals surface area contributed by atoms with Gasteiger partial charge in [-0.2, -0.15) is 5.10 Å². The maximum atomic E-state index is 13.4. The van der Waals surface area contributed by atoms with Crippen LogP contribution in [0.25, 0.3) is 0 Å². The highest BCUT2D eigenvalue weighted by Crippen LogP contribution is 2.44. The molecule has 1 aliphatic carbocycles. The summed E-state index contributed by atoms with van der Waals surface area (Å²) in [6, 6.07) is 14.9. The van der Waals surface area contributed by atoms with E-state index in [9.17, 15) is 9.90 Å². The third-order valence-corrected chi connectivity index (χ3v) is 6.43. The molecule has 5 rings (SSSR count). The topological polar surface area (TPSA) is 84.6 Å². The zero-order valence-electron chi connectivity index (χ0n) is 16.3. The number of halogens is 1. The van der Waals surface area contributed by atoms with Gasteiger partial charge in [0.25, 0.3) is 0 Å². The van der Waals surface area contributed by atoms with E-state index in [-0.39, 0.29) is 29.9 Å². The van der Waals surface area contributed by atoms with Crippen LogP contribution in [-0.2, 0) is 11.2 Å². The Morgan fingerprint density at radius 2 is 1.93 bits per heavy atom. The smallest absolute Gasteiger partial charge is 0.169 e. The lowest BCUT2D eigenvalue weighted by Crippen LogP contribution is -2.88. The number of benzene rings is 2. The van der Waals surface area contributed by atoms with Crippen LogP contribution in [-0.4, -0.2) is 32.2 Å². The number of nitrogens with two attached hydrogens (primary N) is 1. The average molecular weight is 422 g/mol. The molecule has 3 atom stereocenters. The van der Waals surface area contributed by atoms with Gasteiger partial charge in [-0.25, -0.2) is 9.67 Å². The first-order valence-electron chi connectivity index (χ1n) is 10.1. The van der Waals surface area contributed by atoms with Gasteiger partial charge in [0, 0.05) is 29.3 Å². The minimum Gasteiger partial charge on any atom is -0.509 e. The van der Waals surface area contributed by atoms with Crippen molar-refractivity contribution in [2.75, 3.05) is 6.54 Å². The Kier molecular flexibility index (Phi) is 4.89. The molecule has 2 aromatic carbocycles. The van der Waals surface area contributed by atoms with Crippen molar-refractivity contribution in [1.82, 2.24) is 14.8 Å². The number of carbonyl (C=O) groups is 1. The molecule has 6 nitrogen and oxygen atoms in total. The summed E-state index contributed by atoms with van der Waals surface area (Å²) in [5.41, 5.74) is 3.75. The molecule has 1 aliphatic heterocycles. The summed E-state index contributed by atoms with van der Waals surface area (Å²) < 4.78 is 1.65. The summed E-state index contributed by atoms with van der Waals surface area (Å²) in [6.45, 7) is 0.875. The highest BCUT2D eigenvalue weighted by molar-refractivity contribution is 6.30. The number of aliphatic hydroxyl groups excluding tert-OH is 1. The van der Waals surface area contributed by atoms with E-state index in [1.807, 2.05) is 24.3 Å². The first-order chi connectivity index (χ1) is 14.6. The molecule has 30 heavy (non-hydrogen) atoms. The first-order valence-corrected chi connectivity index (χ1v) is 10.5. The standard InChI is InChI=1S/C23H21ClN4O2/c24-16-7-5-15(6-8-16)18-11-19(29)20(23(30)22(18)28-13-25-12-27-28)21-17-4-2-1-3-14(17)9-10-26-21/h1-8,12-13,18,21-22,26,30H,9-11H2/p+1/t18-,21+,22+/m1/s1. The second-order valence-electron chi connectivity index (χ2n) is 7.86. The molecule has 0 amide bonds. The maximum Gasteiger partial charge on any atom is 0.169 e. The van der Waals surface area contributed by atoms with Crippen LogP contribution in [0.4, 0.5) is 0 Å². The van der Waals surface area contributed by atoms with Crippen LogP contribution in [0.15, 0.2) is 72.5 Å². The lowest BCUT2D eigenvalue weighted by atomic mass is 9.75.